The fourth-order valence-corrected chi connectivity index (χ4v) is 4.62. The van der Waals surface area contributed by atoms with Crippen LogP contribution in [0, 0.1) is 23.4 Å². The summed E-state index contributed by atoms with van der Waals surface area (Å²) < 4.78 is 44.3. The van der Waals surface area contributed by atoms with Crippen LogP contribution in [0.15, 0.2) is 73.3 Å². The third kappa shape index (κ3) is 5.35. The second-order valence-electron chi connectivity index (χ2n) is 9.32. The van der Waals surface area contributed by atoms with Gasteiger partial charge in [-0.25, -0.2) is 13.2 Å². The van der Waals surface area contributed by atoms with Gasteiger partial charge in [0.1, 0.15) is 5.82 Å². The molecule has 0 saturated carbocycles. The lowest BCUT2D eigenvalue weighted by atomic mass is 9.87. The molecule has 0 fully saturated rings. The summed E-state index contributed by atoms with van der Waals surface area (Å²) in [6, 6.07) is 15.8. The maximum Gasteiger partial charge on any atom is 0.166 e. The van der Waals surface area contributed by atoms with E-state index in [1.54, 1.807) is 30.3 Å². The average molecular weight is 461 g/mol. The predicted molar refractivity (Wildman–Crippen MR) is 136 cm³/mol. The summed E-state index contributed by atoms with van der Waals surface area (Å²) >= 11 is 0. The van der Waals surface area contributed by atoms with Gasteiger partial charge in [0.15, 0.2) is 11.6 Å². The zero-order valence-corrected chi connectivity index (χ0v) is 19.7. The highest BCUT2D eigenvalue weighted by Crippen LogP contribution is 2.34. The van der Waals surface area contributed by atoms with Crippen LogP contribution in [0.3, 0.4) is 0 Å². The van der Waals surface area contributed by atoms with E-state index in [2.05, 4.69) is 19.6 Å². The van der Waals surface area contributed by atoms with Crippen molar-refractivity contribution in [3.05, 3.63) is 102 Å². The topological polar surface area (TPSA) is 0 Å². The Balaban J connectivity index is 1.52. The lowest BCUT2D eigenvalue weighted by Crippen LogP contribution is -2.02. The van der Waals surface area contributed by atoms with Gasteiger partial charge in [-0.3, -0.25) is 0 Å². The first-order valence-corrected chi connectivity index (χ1v) is 12.2. The highest BCUT2D eigenvalue weighted by Gasteiger charge is 2.17. The summed E-state index contributed by atoms with van der Waals surface area (Å²) in [6.45, 7) is 5.90. The summed E-state index contributed by atoms with van der Waals surface area (Å²) in [4.78, 5) is 0. The van der Waals surface area contributed by atoms with Gasteiger partial charge in [0.2, 0.25) is 0 Å². The molecule has 176 valence electrons. The molecule has 0 aliphatic heterocycles. The average Bonchev–Trinajstić information content (AvgIpc) is 2.85. The van der Waals surface area contributed by atoms with Gasteiger partial charge in [-0.15, -0.1) is 6.58 Å². The van der Waals surface area contributed by atoms with Gasteiger partial charge in [-0.1, -0.05) is 67.6 Å². The van der Waals surface area contributed by atoms with Crippen LogP contribution in [-0.2, 0) is 6.42 Å². The highest BCUT2D eigenvalue weighted by atomic mass is 19.2. The van der Waals surface area contributed by atoms with E-state index in [9.17, 15) is 13.2 Å². The van der Waals surface area contributed by atoms with E-state index < -0.39 is 11.6 Å². The largest absolute Gasteiger partial charge is 0.206 e. The van der Waals surface area contributed by atoms with Gasteiger partial charge in [0.25, 0.3) is 0 Å². The molecule has 0 N–H and O–H groups in total. The van der Waals surface area contributed by atoms with Crippen molar-refractivity contribution in [2.45, 2.75) is 51.9 Å². The molecule has 3 aromatic carbocycles. The number of hydrogen-bond acceptors (Lipinski definition) is 0. The van der Waals surface area contributed by atoms with Gasteiger partial charge >= 0.3 is 0 Å². The van der Waals surface area contributed by atoms with E-state index >= 15 is 0 Å². The Bertz CT molecular complexity index is 1190. The Morgan fingerprint density at radius 1 is 0.853 bits per heavy atom. The summed E-state index contributed by atoms with van der Waals surface area (Å²) in [5, 5.41) is 0. The molecule has 3 heteroatoms. The van der Waals surface area contributed by atoms with Gasteiger partial charge in [-0.2, -0.15) is 0 Å². The van der Waals surface area contributed by atoms with Crippen molar-refractivity contribution in [1.82, 2.24) is 0 Å². The van der Waals surface area contributed by atoms with Gasteiger partial charge in [-0.05, 0) is 84.8 Å². The maximum atomic E-state index is 14.9. The number of rotatable bonds is 8. The fraction of sp³-hybridized carbons (Fsp3) is 0.290. The molecule has 0 saturated heterocycles. The molecular formula is C31H31F3. The Morgan fingerprint density at radius 3 is 2.24 bits per heavy atom. The molecule has 3 aromatic rings. The van der Waals surface area contributed by atoms with Crippen LogP contribution in [0.2, 0.25) is 0 Å². The smallest absolute Gasteiger partial charge is 0.166 e. The molecule has 0 spiro atoms. The molecule has 0 bridgehead atoms. The predicted octanol–water partition coefficient (Wildman–Crippen LogP) is 9.54. The molecule has 34 heavy (non-hydrogen) atoms. The lowest BCUT2D eigenvalue weighted by molar-refractivity contribution is 0.499. The number of allylic oxidation sites excluding steroid dienone is 3. The van der Waals surface area contributed by atoms with E-state index in [0.717, 1.165) is 55.2 Å². The number of benzene rings is 3. The minimum atomic E-state index is -0.820. The molecular weight excluding hydrogens is 429 g/mol. The van der Waals surface area contributed by atoms with Crippen molar-refractivity contribution in [1.29, 1.82) is 0 Å². The van der Waals surface area contributed by atoms with E-state index in [-0.39, 0.29) is 11.4 Å². The Labute approximate surface area is 200 Å². The van der Waals surface area contributed by atoms with Crippen LogP contribution >= 0.6 is 0 Å². The molecule has 1 unspecified atom stereocenters. The summed E-state index contributed by atoms with van der Waals surface area (Å²) in [6.07, 6.45) is 10.1. The van der Waals surface area contributed by atoms with E-state index in [0.29, 0.717) is 29.0 Å². The van der Waals surface area contributed by atoms with Crippen molar-refractivity contribution in [2.75, 3.05) is 0 Å². The van der Waals surface area contributed by atoms with E-state index in [4.69, 9.17) is 0 Å². The monoisotopic (exact) mass is 460 g/mol. The zero-order valence-electron chi connectivity index (χ0n) is 19.7. The Morgan fingerprint density at radius 2 is 1.56 bits per heavy atom. The lowest BCUT2D eigenvalue weighted by Gasteiger charge is -2.19. The highest BCUT2D eigenvalue weighted by molar-refractivity contribution is 5.74. The van der Waals surface area contributed by atoms with Crippen LogP contribution in [-0.4, -0.2) is 0 Å². The minimum Gasteiger partial charge on any atom is -0.206 e. The molecule has 1 aliphatic carbocycles. The molecule has 1 aliphatic rings. The molecule has 4 rings (SSSR count). The summed E-state index contributed by atoms with van der Waals surface area (Å²) in [5.74, 6) is -1.16. The van der Waals surface area contributed by atoms with Gasteiger partial charge < -0.3 is 0 Å². The quantitative estimate of drug-likeness (QED) is 0.232. The summed E-state index contributed by atoms with van der Waals surface area (Å²) in [7, 11) is 0. The van der Waals surface area contributed by atoms with Crippen molar-refractivity contribution < 1.29 is 13.2 Å². The van der Waals surface area contributed by atoms with Crippen molar-refractivity contribution in [3.63, 3.8) is 0 Å². The molecule has 0 aromatic heterocycles. The first kappa shape index (κ1) is 24.1. The van der Waals surface area contributed by atoms with Crippen LogP contribution < -0.4 is 0 Å². The first-order valence-electron chi connectivity index (χ1n) is 12.2. The zero-order chi connectivity index (χ0) is 24.1. The van der Waals surface area contributed by atoms with Gasteiger partial charge in [0, 0.05) is 11.1 Å². The van der Waals surface area contributed by atoms with Crippen molar-refractivity contribution >= 4 is 5.57 Å². The van der Waals surface area contributed by atoms with E-state index in [1.165, 1.54) is 0 Å². The molecule has 0 nitrogen and oxygen atoms in total. The normalized spacial score (nSPS) is 15.8. The second kappa shape index (κ2) is 10.9. The number of halogens is 3. The van der Waals surface area contributed by atoms with Crippen molar-refractivity contribution in [3.8, 4) is 22.3 Å². The van der Waals surface area contributed by atoms with Crippen LogP contribution in [0.25, 0.3) is 27.8 Å². The maximum absolute atomic E-state index is 14.9. The van der Waals surface area contributed by atoms with Crippen LogP contribution in [0.5, 0.6) is 0 Å². The molecule has 0 amide bonds. The first-order chi connectivity index (χ1) is 16.5. The number of aryl methyl sites for hydroxylation is 1. The fourth-order valence-electron chi connectivity index (χ4n) is 4.62. The Kier molecular flexibility index (Phi) is 7.72. The third-order valence-corrected chi connectivity index (χ3v) is 6.78. The SMILES string of the molecule is C=CCCCCc1ccc(-c2ccc(-c3ccc(C4=CCC(C)CC4)c(F)c3)cc2)c(F)c1F. The molecule has 0 heterocycles. The van der Waals surface area contributed by atoms with E-state index in [1.807, 2.05) is 30.3 Å². The number of unbranched alkanes of at least 4 members (excludes halogenated alkanes) is 2. The standard InChI is InChI=1S/C31H31F3/c1-3-4-5-6-7-25-16-19-28(31(34)30(25)33)24-14-12-22(13-15-24)26-17-18-27(29(32)20-26)23-10-8-21(2)9-11-23/h3,10,12-21H,1,4-9,11H2,2H3. The van der Waals surface area contributed by atoms with Gasteiger partial charge in [0.05, 0.1) is 0 Å². The van der Waals surface area contributed by atoms with Crippen LogP contribution in [0.1, 0.15) is 56.6 Å². The number of hydrogen-bond donors (Lipinski definition) is 0. The second-order valence-corrected chi connectivity index (χ2v) is 9.32. The van der Waals surface area contributed by atoms with Crippen LogP contribution in [0.4, 0.5) is 13.2 Å². The minimum absolute atomic E-state index is 0.223. The van der Waals surface area contributed by atoms with Crippen molar-refractivity contribution in [2.24, 2.45) is 5.92 Å². The summed E-state index contributed by atoms with van der Waals surface area (Å²) in [5.41, 5.74) is 4.59. The third-order valence-electron chi connectivity index (χ3n) is 6.78. The molecule has 1 atom stereocenters. The Hall–Kier alpha value is -3.07. The molecule has 0 radical (unpaired) electrons.